The number of hydrogen-bond donors (Lipinski definition) is 1. The number of anilines is 1. The number of benzene rings is 2. The van der Waals surface area contributed by atoms with E-state index >= 15 is 0 Å². The molecular formula is C22H23ClN6O2S. The molecule has 166 valence electrons. The fourth-order valence-electron chi connectivity index (χ4n) is 3.63. The predicted octanol–water partition coefficient (Wildman–Crippen LogP) is 3.43. The molecule has 0 bridgehead atoms. The first-order chi connectivity index (χ1) is 15.5. The van der Waals surface area contributed by atoms with Crippen molar-refractivity contribution in [3.05, 3.63) is 59.1 Å². The van der Waals surface area contributed by atoms with Crippen LogP contribution in [0.15, 0.2) is 58.6 Å². The number of carbonyl (C=O) groups is 2. The highest BCUT2D eigenvalue weighted by Crippen LogP contribution is 2.34. The van der Waals surface area contributed by atoms with Gasteiger partial charge in [-0.3, -0.25) is 9.59 Å². The summed E-state index contributed by atoms with van der Waals surface area (Å²) in [4.78, 5) is 28.4. The van der Waals surface area contributed by atoms with Gasteiger partial charge in [0.1, 0.15) is 0 Å². The number of piperidine rings is 1. The maximum atomic E-state index is 13.1. The van der Waals surface area contributed by atoms with Crippen LogP contribution in [-0.4, -0.2) is 50.0 Å². The summed E-state index contributed by atoms with van der Waals surface area (Å²) in [6, 6.07) is 15.0. The molecule has 4 rings (SSSR count). The highest BCUT2D eigenvalue weighted by Gasteiger charge is 2.29. The fraction of sp³-hybridized carbons (Fsp3) is 0.318. The SMILES string of the molecule is Cn1nnnc1Sc1ccc(Cl)cc1NC(=O)C1CCCN(C(=O)Cc2ccccc2)C1. The fourth-order valence-corrected chi connectivity index (χ4v) is 4.60. The summed E-state index contributed by atoms with van der Waals surface area (Å²) in [6.45, 7) is 1.08. The third kappa shape index (κ3) is 5.46. The first-order valence-electron chi connectivity index (χ1n) is 10.3. The van der Waals surface area contributed by atoms with Gasteiger partial charge in [-0.2, -0.15) is 0 Å². The van der Waals surface area contributed by atoms with Crippen molar-refractivity contribution in [2.45, 2.75) is 29.3 Å². The first kappa shape index (κ1) is 22.3. The van der Waals surface area contributed by atoms with Crippen LogP contribution in [-0.2, 0) is 23.1 Å². The Bertz CT molecular complexity index is 1110. The number of nitrogens with one attached hydrogen (secondary N) is 1. The average molecular weight is 471 g/mol. The van der Waals surface area contributed by atoms with Crippen LogP contribution >= 0.6 is 23.4 Å². The molecule has 0 aliphatic carbocycles. The van der Waals surface area contributed by atoms with Crippen molar-refractivity contribution < 1.29 is 9.59 Å². The monoisotopic (exact) mass is 470 g/mol. The molecule has 0 radical (unpaired) electrons. The topological polar surface area (TPSA) is 93.0 Å². The van der Waals surface area contributed by atoms with Gasteiger partial charge in [-0.15, -0.1) is 5.10 Å². The summed E-state index contributed by atoms with van der Waals surface area (Å²) in [7, 11) is 1.75. The number of amides is 2. The van der Waals surface area contributed by atoms with Gasteiger partial charge in [0, 0.05) is 30.1 Å². The Morgan fingerprint density at radius 3 is 2.78 bits per heavy atom. The van der Waals surface area contributed by atoms with E-state index in [2.05, 4.69) is 20.8 Å². The van der Waals surface area contributed by atoms with E-state index < -0.39 is 0 Å². The zero-order valence-corrected chi connectivity index (χ0v) is 19.1. The van der Waals surface area contributed by atoms with Crippen molar-refractivity contribution in [1.29, 1.82) is 0 Å². The molecule has 1 fully saturated rings. The Balaban J connectivity index is 1.43. The van der Waals surface area contributed by atoms with E-state index in [1.807, 2.05) is 36.4 Å². The molecule has 0 spiro atoms. The highest BCUT2D eigenvalue weighted by atomic mass is 35.5. The Labute approximate surface area is 195 Å². The van der Waals surface area contributed by atoms with Crippen LogP contribution in [0.25, 0.3) is 0 Å². The number of hydrogen-bond acceptors (Lipinski definition) is 6. The maximum Gasteiger partial charge on any atom is 0.229 e. The minimum absolute atomic E-state index is 0.0440. The number of aryl methyl sites for hydroxylation is 1. The molecule has 10 heteroatoms. The summed E-state index contributed by atoms with van der Waals surface area (Å²) >= 11 is 7.52. The zero-order chi connectivity index (χ0) is 22.5. The lowest BCUT2D eigenvalue weighted by Crippen LogP contribution is -2.44. The first-order valence-corrected chi connectivity index (χ1v) is 11.5. The molecule has 1 N–H and O–H groups in total. The number of carbonyl (C=O) groups excluding carboxylic acids is 2. The second kappa shape index (κ2) is 10.1. The zero-order valence-electron chi connectivity index (χ0n) is 17.6. The number of aromatic nitrogens is 4. The van der Waals surface area contributed by atoms with Crippen molar-refractivity contribution in [3.8, 4) is 0 Å². The Kier molecular flexibility index (Phi) is 7.06. The summed E-state index contributed by atoms with van der Waals surface area (Å²) in [5.41, 5.74) is 1.58. The minimum atomic E-state index is -0.281. The van der Waals surface area contributed by atoms with Gasteiger partial charge in [0.05, 0.1) is 18.0 Å². The van der Waals surface area contributed by atoms with E-state index in [-0.39, 0.29) is 17.7 Å². The van der Waals surface area contributed by atoms with Gasteiger partial charge in [-0.1, -0.05) is 41.9 Å². The van der Waals surface area contributed by atoms with Crippen molar-refractivity contribution in [2.75, 3.05) is 18.4 Å². The molecular weight excluding hydrogens is 448 g/mol. The van der Waals surface area contributed by atoms with E-state index in [4.69, 9.17) is 11.6 Å². The lowest BCUT2D eigenvalue weighted by molar-refractivity contribution is -0.133. The third-order valence-corrected chi connectivity index (χ3v) is 6.66. The maximum absolute atomic E-state index is 13.1. The van der Waals surface area contributed by atoms with Gasteiger partial charge in [-0.25, -0.2) is 4.68 Å². The van der Waals surface area contributed by atoms with E-state index in [0.29, 0.717) is 35.4 Å². The molecule has 1 aliphatic rings. The number of likely N-dealkylation sites (tertiary alicyclic amines) is 1. The van der Waals surface area contributed by atoms with Gasteiger partial charge in [0.15, 0.2) is 0 Å². The van der Waals surface area contributed by atoms with Gasteiger partial charge in [0.25, 0.3) is 0 Å². The van der Waals surface area contributed by atoms with Crippen LogP contribution in [0.2, 0.25) is 5.02 Å². The van der Waals surface area contributed by atoms with Crippen molar-refractivity contribution in [3.63, 3.8) is 0 Å². The van der Waals surface area contributed by atoms with Gasteiger partial charge >= 0.3 is 0 Å². The molecule has 1 unspecified atom stereocenters. The molecule has 1 atom stereocenters. The lowest BCUT2D eigenvalue weighted by atomic mass is 9.96. The van der Waals surface area contributed by atoms with Crippen LogP contribution in [0.4, 0.5) is 5.69 Å². The molecule has 2 aromatic carbocycles. The van der Waals surface area contributed by atoms with E-state index in [1.54, 1.807) is 28.8 Å². The summed E-state index contributed by atoms with van der Waals surface area (Å²) in [5.74, 6) is -0.360. The molecule has 2 heterocycles. The van der Waals surface area contributed by atoms with Crippen molar-refractivity contribution in [1.82, 2.24) is 25.1 Å². The minimum Gasteiger partial charge on any atom is -0.342 e. The molecule has 0 saturated carbocycles. The quantitative estimate of drug-likeness (QED) is 0.593. The molecule has 1 aromatic heterocycles. The largest absolute Gasteiger partial charge is 0.342 e. The second-order valence-electron chi connectivity index (χ2n) is 7.66. The normalized spacial score (nSPS) is 16.1. The lowest BCUT2D eigenvalue weighted by Gasteiger charge is -2.32. The summed E-state index contributed by atoms with van der Waals surface area (Å²) in [5, 5.41) is 15.6. The Morgan fingerprint density at radius 2 is 2.03 bits per heavy atom. The predicted molar refractivity (Wildman–Crippen MR) is 122 cm³/mol. The van der Waals surface area contributed by atoms with Crippen molar-refractivity contribution >= 4 is 40.9 Å². The third-order valence-electron chi connectivity index (χ3n) is 5.33. The Hall–Kier alpha value is -2.91. The van der Waals surface area contributed by atoms with Crippen molar-refractivity contribution in [2.24, 2.45) is 13.0 Å². The summed E-state index contributed by atoms with van der Waals surface area (Å²) in [6.07, 6.45) is 1.87. The number of rotatable bonds is 6. The number of nitrogens with zero attached hydrogens (tertiary/aromatic N) is 5. The van der Waals surface area contributed by atoms with Gasteiger partial charge in [0.2, 0.25) is 17.0 Å². The van der Waals surface area contributed by atoms with E-state index in [9.17, 15) is 9.59 Å². The van der Waals surface area contributed by atoms with Crippen LogP contribution in [0, 0.1) is 5.92 Å². The van der Waals surface area contributed by atoms with E-state index in [1.165, 1.54) is 11.8 Å². The smallest absolute Gasteiger partial charge is 0.229 e. The molecule has 8 nitrogen and oxygen atoms in total. The Morgan fingerprint density at radius 1 is 1.22 bits per heavy atom. The van der Waals surface area contributed by atoms with Crippen LogP contribution in [0.5, 0.6) is 0 Å². The number of halogens is 1. The van der Waals surface area contributed by atoms with Gasteiger partial charge in [-0.05, 0) is 58.8 Å². The van der Waals surface area contributed by atoms with E-state index in [0.717, 1.165) is 23.3 Å². The van der Waals surface area contributed by atoms with Crippen LogP contribution in [0.1, 0.15) is 18.4 Å². The number of tetrazole rings is 1. The van der Waals surface area contributed by atoms with Gasteiger partial charge < -0.3 is 10.2 Å². The standard InChI is InChI=1S/C22H23ClN6O2S/c1-28-22(25-26-27-28)32-19-10-9-17(23)13-18(19)24-21(31)16-8-5-11-29(14-16)20(30)12-15-6-3-2-4-7-15/h2-4,6-7,9-10,13,16H,5,8,11-12,14H2,1H3,(H,24,31). The highest BCUT2D eigenvalue weighted by molar-refractivity contribution is 7.99. The second-order valence-corrected chi connectivity index (χ2v) is 9.10. The molecule has 3 aromatic rings. The molecule has 1 saturated heterocycles. The van der Waals surface area contributed by atoms with Crippen LogP contribution < -0.4 is 5.32 Å². The molecule has 32 heavy (non-hydrogen) atoms. The van der Waals surface area contributed by atoms with Crippen LogP contribution in [0.3, 0.4) is 0 Å². The average Bonchev–Trinajstić information content (AvgIpc) is 3.20. The molecule has 1 aliphatic heterocycles. The molecule has 2 amide bonds. The summed E-state index contributed by atoms with van der Waals surface area (Å²) < 4.78 is 1.56.